The first-order valence-corrected chi connectivity index (χ1v) is 7.04. The van der Waals surface area contributed by atoms with E-state index in [1.54, 1.807) is 0 Å². The number of aliphatic hydroxyl groups is 1. The number of aryl methyl sites for hydroxylation is 1. The van der Waals surface area contributed by atoms with Crippen molar-refractivity contribution in [2.24, 2.45) is 5.92 Å². The summed E-state index contributed by atoms with van der Waals surface area (Å²) in [6.45, 7) is 7.26. The molecule has 2 nitrogen and oxygen atoms in total. The maximum Gasteiger partial charge on any atom is 0.134 e. The highest BCUT2D eigenvalue weighted by atomic mass is 16.5. The second-order valence-corrected chi connectivity index (χ2v) is 4.77. The quantitative estimate of drug-likeness (QED) is 0.793. The summed E-state index contributed by atoms with van der Waals surface area (Å²) in [6, 6.07) is 6.06. The molecular weight excluding hydrogens is 236 g/mol. The third kappa shape index (κ3) is 5.36. The Kier molecular flexibility index (Phi) is 7.07. The minimum absolute atomic E-state index is 0.1000. The molecule has 1 N–H and O–H groups in total. The fraction of sp³-hybridized carbons (Fsp3) is 0.529. The molecule has 0 aromatic heterocycles. The van der Waals surface area contributed by atoms with E-state index in [4.69, 9.17) is 9.84 Å². The lowest BCUT2D eigenvalue weighted by atomic mass is 10.1. The minimum atomic E-state index is 0.1000. The molecule has 1 aromatic rings. The molecule has 1 rings (SSSR count). The maximum atomic E-state index is 8.77. The molecule has 0 fully saturated rings. The van der Waals surface area contributed by atoms with Gasteiger partial charge in [-0.3, -0.25) is 0 Å². The molecule has 19 heavy (non-hydrogen) atoms. The lowest BCUT2D eigenvalue weighted by Gasteiger charge is -2.15. The monoisotopic (exact) mass is 260 g/mol. The van der Waals surface area contributed by atoms with E-state index in [-0.39, 0.29) is 6.61 Å². The molecule has 2 heteroatoms. The Morgan fingerprint density at radius 3 is 2.63 bits per heavy atom. The first-order valence-electron chi connectivity index (χ1n) is 7.04. The van der Waals surface area contributed by atoms with Crippen LogP contribution in [-0.4, -0.2) is 18.3 Å². The molecular formula is C17H24O2. The highest BCUT2D eigenvalue weighted by Gasteiger charge is 2.07. The maximum absolute atomic E-state index is 8.77. The number of benzene rings is 1. The minimum Gasteiger partial charge on any atom is -0.492 e. The van der Waals surface area contributed by atoms with Gasteiger partial charge in [-0.15, -0.1) is 0 Å². The first-order chi connectivity index (χ1) is 9.21. The number of aliphatic hydroxyl groups excluding tert-OH is 1. The Hall–Kier alpha value is -1.46. The normalized spacial score (nSPS) is 10.2. The molecule has 0 amide bonds. The van der Waals surface area contributed by atoms with Crippen LogP contribution in [0.15, 0.2) is 18.2 Å². The van der Waals surface area contributed by atoms with E-state index in [0.29, 0.717) is 12.3 Å². The van der Waals surface area contributed by atoms with Crippen molar-refractivity contribution >= 4 is 0 Å². The van der Waals surface area contributed by atoms with Crippen molar-refractivity contribution in [2.75, 3.05) is 13.2 Å². The van der Waals surface area contributed by atoms with Crippen LogP contribution in [0.5, 0.6) is 5.75 Å². The van der Waals surface area contributed by atoms with Crippen LogP contribution >= 0.6 is 0 Å². The van der Waals surface area contributed by atoms with Crippen LogP contribution in [0.4, 0.5) is 0 Å². The van der Waals surface area contributed by atoms with Crippen LogP contribution in [0.1, 0.15) is 44.2 Å². The highest BCUT2D eigenvalue weighted by Crippen LogP contribution is 2.21. The standard InChI is InChI=1S/C17H24O2/c1-4-15(5-2)13-19-17-10-9-14(3)12-16(17)8-6-7-11-18/h9-10,12,15,18H,4-5,7,11,13H2,1-3H3. The predicted molar refractivity (Wildman–Crippen MR) is 79.3 cm³/mol. The summed E-state index contributed by atoms with van der Waals surface area (Å²) < 4.78 is 5.90. The third-order valence-corrected chi connectivity index (χ3v) is 3.22. The molecule has 0 radical (unpaired) electrons. The number of hydrogen-bond donors (Lipinski definition) is 1. The van der Waals surface area contributed by atoms with Gasteiger partial charge in [-0.2, -0.15) is 0 Å². The smallest absolute Gasteiger partial charge is 0.134 e. The average Bonchev–Trinajstić information content (AvgIpc) is 2.42. The van der Waals surface area contributed by atoms with E-state index >= 15 is 0 Å². The first kappa shape index (κ1) is 15.6. The summed E-state index contributed by atoms with van der Waals surface area (Å²) in [4.78, 5) is 0. The molecule has 0 aliphatic heterocycles. The fourth-order valence-electron chi connectivity index (χ4n) is 1.81. The zero-order valence-electron chi connectivity index (χ0n) is 12.2. The molecule has 0 unspecified atom stereocenters. The number of hydrogen-bond acceptors (Lipinski definition) is 2. The van der Waals surface area contributed by atoms with Gasteiger partial charge in [0.1, 0.15) is 5.75 Å². The van der Waals surface area contributed by atoms with Crippen molar-refractivity contribution in [3.05, 3.63) is 29.3 Å². The summed E-state index contributed by atoms with van der Waals surface area (Å²) in [5, 5.41) is 8.77. The van der Waals surface area contributed by atoms with Gasteiger partial charge in [0.2, 0.25) is 0 Å². The molecule has 1 aromatic carbocycles. The summed E-state index contributed by atoms with van der Waals surface area (Å²) in [7, 11) is 0. The molecule has 0 spiro atoms. The summed E-state index contributed by atoms with van der Waals surface area (Å²) in [5.74, 6) is 7.48. The lowest BCUT2D eigenvalue weighted by Crippen LogP contribution is -2.10. The number of rotatable bonds is 6. The van der Waals surface area contributed by atoms with Crippen LogP contribution in [0.25, 0.3) is 0 Å². The molecule has 0 saturated heterocycles. The van der Waals surface area contributed by atoms with E-state index in [1.807, 2.05) is 25.1 Å². The Labute approximate surface area is 116 Å². The van der Waals surface area contributed by atoms with E-state index < -0.39 is 0 Å². The average molecular weight is 260 g/mol. The fourth-order valence-corrected chi connectivity index (χ4v) is 1.81. The van der Waals surface area contributed by atoms with Gasteiger partial charge in [0.25, 0.3) is 0 Å². The van der Waals surface area contributed by atoms with Crippen LogP contribution < -0.4 is 4.74 Å². The van der Waals surface area contributed by atoms with E-state index in [9.17, 15) is 0 Å². The van der Waals surface area contributed by atoms with E-state index in [0.717, 1.165) is 30.8 Å². The summed E-state index contributed by atoms with van der Waals surface area (Å²) in [6.07, 6.45) is 2.77. The van der Waals surface area contributed by atoms with Gasteiger partial charge in [0.15, 0.2) is 0 Å². The topological polar surface area (TPSA) is 29.5 Å². The molecule has 0 bridgehead atoms. The van der Waals surface area contributed by atoms with Gasteiger partial charge in [0, 0.05) is 6.42 Å². The van der Waals surface area contributed by atoms with Crippen molar-refractivity contribution in [3.63, 3.8) is 0 Å². The van der Waals surface area contributed by atoms with Gasteiger partial charge in [-0.1, -0.05) is 44.6 Å². The largest absolute Gasteiger partial charge is 0.492 e. The van der Waals surface area contributed by atoms with Crippen LogP contribution in [-0.2, 0) is 0 Å². The summed E-state index contributed by atoms with van der Waals surface area (Å²) in [5.41, 5.74) is 2.09. The highest BCUT2D eigenvalue weighted by molar-refractivity contribution is 5.48. The van der Waals surface area contributed by atoms with E-state index in [2.05, 4.69) is 25.7 Å². The van der Waals surface area contributed by atoms with Gasteiger partial charge in [-0.05, 0) is 30.5 Å². The van der Waals surface area contributed by atoms with Crippen molar-refractivity contribution in [1.29, 1.82) is 0 Å². The zero-order valence-corrected chi connectivity index (χ0v) is 12.2. The zero-order chi connectivity index (χ0) is 14.1. The molecule has 104 valence electrons. The van der Waals surface area contributed by atoms with Gasteiger partial charge in [-0.25, -0.2) is 0 Å². The van der Waals surface area contributed by atoms with Crippen molar-refractivity contribution in [1.82, 2.24) is 0 Å². The summed E-state index contributed by atoms with van der Waals surface area (Å²) >= 11 is 0. The second-order valence-electron chi connectivity index (χ2n) is 4.77. The predicted octanol–water partition coefficient (Wildman–Crippen LogP) is 3.54. The van der Waals surface area contributed by atoms with Crippen LogP contribution in [0, 0.1) is 24.7 Å². The molecule has 0 saturated carbocycles. The Bertz CT molecular complexity index is 436. The van der Waals surface area contributed by atoms with Crippen molar-refractivity contribution < 1.29 is 9.84 Å². The third-order valence-electron chi connectivity index (χ3n) is 3.22. The van der Waals surface area contributed by atoms with Crippen LogP contribution in [0.2, 0.25) is 0 Å². The van der Waals surface area contributed by atoms with Crippen molar-refractivity contribution in [2.45, 2.75) is 40.0 Å². The SMILES string of the molecule is CCC(CC)COc1ccc(C)cc1C#CCCO. The van der Waals surface area contributed by atoms with Gasteiger partial charge < -0.3 is 9.84 Å². The Morgan fingerprint density at radius 1 is 1.26 bits per heavy atom. The van der Waals surface area contributed by atoms with Gasteiger partial charge in [0.05, 0.1) is 18.8 Å². The Morgan fingerprint density at radius 2 is 2.00 bits per heavy atom. The van der Waals surface area contributed by atoms with Gasteiger partial charge >= 0.3 is 0 Å². The molecule has 0 atom stereocenters. The lowest BCUT2D eigenvalue weighted by molar-refractivity contribution is 0.240. The molecule has 0 heterocycles. The molecule has 0 aliphatic carbocycles. The van der Waals surface area contributed by atoms with Crippen LogP contribution in [0.3, 0.4) is 0 Å². The number of ether oxygens (including phenoxy) is 1. The second kappa shape index (κ2) is 8.61. The van der Waals surface area contributed by atoms with Crippen molar-refractivity contribution in [3.8, 4) is 17.6 Å². The molecule has 0 aliphatic rings. The Balaban J connectivity index is 2.79. The van der Waals surface area contributed by atoms with E-state index in [1.165, 1.54) is 5.56 Å².